The summed E-state index contributed by atoms with van der Waals surface area (Å²) in [4.78, 5) is 24.5. The number of carbonyl (C=O) groups is 2. The maximum Gasteiger partial charge on any atom is 0.411 e. The zero-order valence-corrected chi connectivity index (χ0v) is 20.9. The van der Waals surface area contributed by atoms with Crippen LogP contribution in [-0.2, 0) is 15.9 Å². The second-order valence-corrected chi connectivity index (χ2v) is 10.2. The van der Waals surface area contributed by atoms with Crippen LogP contribution in [-0.4, -0.2) is 24.4 Å². The third-order valence-electron chi connectivity index (χ3n) is 7.39. The molecule has 2 saturated carbocycles. The standard InChI is InChI=1S/C29H38N2O4/c1-20-7-3-5-9-26(20)34-28(32)30-24-15-11-22(12-16-24)19-23-13-17-25(18-14-23)31-29(33)35-27-10-6-4-8-21(27)2/h11-18,20-21,26-27H,3-10,19H2,1-2H3,(H,30,32)(H,31,33)/t20-,21+,26+,27-. The Morgan fingerprint density at radius 2 is 1.03 bits per heavy atom. The molecule has 2 fully saturated rings. The van der Waals surface area contributed by atoms with E-state index < -0.39 is 0 Å². The summed E-state index contributed by atoms with van der Waals surface area (Å²) in [6.45, 7) is 4.30. The van der Waals surface area contributed by atoms with Gasteiger partial charge in [-0.25, -0.2) is 9.59 Å². The molecular weight excluding hydrogens is 440 g/mol. The van der Waals surface area contributed by atoms with Crippen LogP contribution < -0.4 is 10.6 Å². The molecule has 0 radical (unpaired) electrons. The first-order valence-corrected chi connectivity index (χ1v) is 13.1. The Kier molecular flexibility index (Phi) is 8.67. The fourth-order valence-corrected chi connectivity index (χ4v) is 5.13. The molecule has 2 aromatic carbocycles. The van der Waals surface area contributed by atoms with Gasteiger partial charge in [0.25, 0.3) is 0 Å². The molecule has 0 aliphatic heterocycles. The van der Waals surface area contributed by atoms with Gasteiger partial charge in [-0.15, -0.1) is 0 Å². The van der Waals surface area contributed by atoms with E-state index in [4.69, 9.17) is 9.47 Å². The van der Waals surface area contributed by atoms with E-state index in [1.807, 2.05) is 48.5 Å². The van der Waals surface area contributed by atoms with E-state index in [0.717, 1.165) is 67.4 Å². The number of ether oxygens (including phenoxy) is 2. The highest BCUT2D eigenvalue weighted by Crippen LogP contribution is 2.28. The third-order valence-corrected chi connectivity index (χ3v) is 7.39. The maximum absolute atomic E-state index is 12.3. The molecule has 35 heavy (non-hydrogen) atoms. The van der Waals surface area contributed by atoms with Crippen molar-refractivity contribution in [3.05, 3.63) is 59.7 Å². The van der Waals surface area contributed by atoms with Gasteiger partial charge in [0.05, 0.1) is 0 Å². The Bertz CT molecular complexity index is 894. The molecule has 2 aliphatic rings. The van der Waals surface area contributed by atoms with Crippen molar-refractivity contribution in [3.8, 4) is 0 Å². The molecule has 0 spiro atoms. The number of anilines is 2. The van der Waals surface area contributed by atoms with Gasteiger partial charge in [0, 0.05) is 11.4 Å². The van der Waals surface area contributed by atoms with E-state index in [-0.39, 0.29) is 24.4 Å². The van der Waals surface area contributed by atoms with Crippen LogP contribution in [0.15, 0.2) is 48.5 Å². The first-order chi connectivity index (χ1) is 17.0. The van der Waals surface area contributed by atoms with Gasteiger partial charge >= 0.3 is 12.2 Å². The fourth-order valence-electron chi connectivity index (χ4n) is 5.13. The molecule has 0 aromatic heterocycles. The Balaban J connectivity index is 1.23. The predicted octanol–water partition coefficient (Wildman–Crippen LogP) is 7.53. The molecule has 2 amide bonds. The third kappa shape index (κ3) is 7.48. The molecule has 4 rings (SSSR count). The minimum absolute atomic E-state index is 0.0122. The number of hydrogen-bond acceptors (Lipinski definition) is 4. The number of rotatable bonds is 6. The topological polar surface area (TPSA) is 76.7 Å². The second kappa shape index (κ2) is 12.1. The summed E-state index contributed by atoms with van der Waals surface area (Å²) in [7, 11) is 0. The van der Waals surface area contributed by atoms with Crippen molar-refractivity contribution >= 4 is 23.6 Å². The van der Waals surface area contributed by atoms with Gasteiger partial charge in [0.15, 0.2) is 0 Å². The van der Waals surface area contributed by atoms with E-state index >= 15 is 0 Å². The van der Waals surface area contributed by atoms with Gasteiger partial charge in [0.2, 0.25) is 0 Å². The van der Waals surface area contributed by atoms with Crippen molar-refractivity contribution in [2.45, 2.75) is 83.8 Å². The SMILES string of the molecule is C[C@@H]1CCCC[C@@H]1OC(=O)Nc1ccc(Cc2ccc(NC(=O)O[C@@H]3CCCC[C@@H]3C)cc2)cc1. The molecule has 0 heterocycles. The lowest BCUT2D eigenvalue weighted by molar-refractivity contribution is 0.0520. The summed E-state index contributed by atoms with van der Waals surface area (Å²) in [5.74, 6) is 0.842. The van der Waals surface area contributed by atoms with Crippen LogP contribution in [0.2, 0.25) is 0 Å². The van der Waals surface area contributed by atoms with E-state index in [0.29, 0.717) is 11.8 Å². The fraction of sp³-hybridized carbons (Fsp3) is 0.517. The molecule has 6 heteroatoms. The molecule has 2 N–H and O–H groups in total. The van der Waals surface area contributed by atoms with Gasteiger partial charge in [-0.05, 0) is 92.2 Å². The van der Waals surface area contributed by atoms with Crippen molar-refractivity contribution in [2.75, 3.05) is 10.6 Å². The van der Waals surface area contributed by atoms with Crippen LogP contribution in [0.25, 0.3) is 0 Å². The number of benzene rings is 2. The lowest BCUT2D eigenvalue weighted by Gasteiger charge is -2.28. The predicted molar refractivity (Wildman–Crippen MR) is 139 cm³/mol. The lowest BCUT2D eigenvalue weighted by atomic mass is 9.88. The number of hydrogen-bond donors (Lipinski definition) is 2. The van der Waals surface area contributed by atoms with E-state index in [1.165, 1.54) is 12.8 Å². The maximum atomic E-state index is 12.3. The highest BCUT2D eigenvalue weighted by atomic mass is 16.6. The van der Waals surface area contributed by atoms with Crippen molar-refractivity contribution in [2.24, 2.45) is 11.8 Å². The van der Waals surface area contributed by atoms with Crippen molar-refractivity contribution in [1.82, 2.24) is 0 Å². The van der Waals surface area contributed by atoms with E-state index in [2.05, 4.69) is 24.5 Å². The van der Waals surface area contributed by atoms with E-state index in [9.17, 15) is 9.59 Å². The van der Waals surface area contributed by atoms with Crippen molar-refractivity contribution in [1.29, 1.82) is 0 Å². The van der Waals surface area contributed by atoms with Gasteiger partial charge in [-0.1, -0.05) is 51.0 Å². The first kappa shape index (κ1) is 25.1. The smallest absolute Gasteiger partial charge is 0.411 e. The largest absolute Gasteiger partial charge is 0.446 e. The molecule has 4 atom stereocenters. The molecule has 0 saturated heterocycles. The Hall–Kier alpha value is -3.02. The van der Waals surface area contributed by atoms with Crippen molar-refractivity contribution in [3.63, 3.8) is 0 Å². The summed E-state index contributed by atoms with van der Waals surface area (Å²) < 4.78 is 11.3. The van der Waals surface area contributed by atoms with Gasteiger partial charge in [-0.2, -0.15) is 0 Å². The van der Waals surface area contributed by atoms with Crippen LogP contribution in [0.3, 0.4) is 0 Å². The molecule has 0 bridgehead atoms. The summed E-state index contributed by atoms with van der Waals surface area (Å²) in [5.41, 5.74) is 3.73. The normalized spacial score (nSPS) is 24.3. The summed E-state index contributed by atoms with van der Waals surface area (Å²) in [5, 5.41) is 5.69. The van der Waals surface area contributed by atoms with Gasteiger partial charge < -0.3 is 9.47 Å². The van der Waals surface area contributed by atoms with Gasteiger partial charge in [0.1, 0.15) is 12.2 Å². The number of amides is 2. The average Bonchev–Trinajstić information content (AvgIpc) is 2.84. The Labute approximate surface area is 208 Å². The number of carbonyl (C=O) groups excluding carboxylic acids is 2. The molecule has 2 aliphatic carbocycles. The van der Waals surface area contributed by atoms with Crippen LogP contribution in [0.5, 0.6) is 0 Å². The van der Waals surface area contributed by atoms with Crippen LogP contribution >= 0.6 is 0 Å². The molecule has 2 aromatic rings. The van der Waals surface area contributed by atoms with E-state index in [1.54, 1.807) is 0 Å². The minimum atomic E-state index is -0.379. The first-order valence-electron chi connectivity index (χ1n) is 13.1. The summed E-state index contributed by atoms with van der Waals surface area (Å²) >= 11 is 0. The Morgan fingerprint density at radius 1 is 0.657 bits per heavy atom. The highest BCUT2D eigenvalue weighted by molar-refractivity contribution is 5.85. The number of nitrogens with one attached hydrogen (secondary N) is 2. The highest BCUT2D eigenvalue weighted by Gasteiger charge is 2.25. The minimum Gasteiger partial charge on any atom is -0.446 e. The zero-order chi connectivity index (χ0) is 24.6. The lowest BCUT2D eigenvalue weighted by Crippen LogP contribution is -2.30. The summed E-state index contributed by atoms with van der Waals surface area (Å²) in [6.07, 6.45) is 8.84. The average molecular weight is 479 g/mol. The van der Waals surface area contributed by atoms with Crippen LogP contribution in [0, 0.1) is 11.8 Å². The van der Waals surface area contributed by atoms with Crippen LogP contribution in [0.1, 0.15) is 76.3 Å². The van der Waals surface area contributed by atoms with Crippen molar-refractivity contribution < 1.29 is 19.1 Å². The monoisotopic (exact) mass is 478 g/mol. The Morgan fingerprint density at radius 3 is 1.40 bits per heavy atom. The quantitative estimate of drug-likeness (QED) is 0.450. The molecule has 6 nitrogen and oxygen atoms in total. The molecule has 0 unspecified atom stereocenters. The zero-order valence-electron chi connectivity index (χ0n) is 20.9. The molecular formula is C29H38N2O4. The molecule has 188 valence electrons. The van der Waals surface area contributed by atoms with Crippen LogP contribution in [0.4, 0.5) is 21.0 Å². The summed E-state index contributed by atoms with van der Waals surface area (Å²) in [6, 6.07) is 15.6. The van der Waals surface area contributed by atoms with Gasteiger partial charge in [-0.3, -0.25) is 10.6 Å². The second-order valence-electron chi connectivity index (χ2n) is 10.2.